The smallest absolute Gasteiger partial charge is 0.288 e. The summed E-state index contributed by atoms with van der Waals surface area (Å²) in [7, 11) is 0. The fourth-order valence-corrected chi connectivity index (χ4v) is 4.37. The molecule has 3 aromatic carbocycles. The van der Waals surface area contributed by atoms with Crippen LogP contribution in [0.5, 0.6) is 0 Å². The molecule has 0 saturated carbocycles. The first-order chi connectivity index (χ1) is 18.1. The van der Waals surface area contributed by atoms with Crippen molar-refractivity contribution in [3.63, 3.8) is 0 Å². The summed E-state index contributed by atoms with van der Waals surface area (Å²) in [4.78, 5) is 26.3. The van der Waals surface area contributed by atoms with Crippen LogP contribution in [-0.2, 0) is 13.0 Å². The molecule has 2 heterocycles. The number of imidazole rings is 1. The third-order valence-electron chi connectivity index (χ3n) is 6.29. The zero-order valence-electron chi connectivity index (χ0n) is 20.3. The quantitative estimate of drug-likeness (QED) is 0.335. The topological polar surface area (TPSA) is 98.5 Å². The molecule has 0 amide bonds. The molecule has 0 saturated heterocycles. The maximum absolute atomic E-state index is 15.5. The van der Waals surface area contributed by atoms with Crippen molar-refractivity contribution in [2.75, 3.05) is 0 Å². The van der Waals surface area contributed by atoms with Gasteiger partial charge >= 0.3 is 5.69 Å². The molecular formula is C28H25FN6O2. The molecular weight excluding hydrogens is 471 g/mol. The largest absolute Gasteiger partial charge is 0.338 e. The molecule has 0 radical (unpaired) electrons. The van der Waals surface area contributed by atoms with E-state index in [-0.39, 0.29) is 17.8 Å². The number of H-pyrrole nitrogens is 1. The van der Waals surface area contributed by atoms with Gasteiger partial charge in [0.05, 0.1) is 12.2 Å². The van der Waals surface area contributed by atoms with Crippen molar-refractivity contribution in [3.8, 4) is 22.5 Å². The standard InChI is InChI=1S/C28H25FN6O2/c1-2-3-13-24-25(29)35(27(36)21-9-5-4-6-10-21)28(37)34(24)18-19-14-16-20(17-15-19)22-11-7-8-12-23(22)26-30-32-33-31-26/h4-12,14-17H,2-3,13,18H2,1H3,(H,30,31,32,33). The molecule has 0 bridgehead atoms. The summed E-state index contributed by atoms with van der Waals surface area (Å²) >= 11 is 0. The third-order valence-corrected chi connectivity index (χ3v) is 6.29. The summed E-state index contributed by atoms with van der Waals surface area (Å²) in [5.41, 5.74) is 3.33. The molecule has 0 atom stereocenters. The van der Waals surface area contributed by atoms with Crippen molar-refractivity contribution in [2.24, 2.45) is 0 Å². The van der Waals surface area contributed by atoms with Crippen LogP contribution in [0.15, 0.2) is 83.7 Å². The van der Waals surface area contributed by atoms with Crippen molar-refractivity contribution in [2.45, 2.75) is 32.7 Å². The number of hydrogen-bond acceptors (Lipinski definition) is 5. The van der Waals surface area contributed by atoms with Gasteiger partial charge in [-0.1, -0.05) is 80.1 Å². The first-order valence-corrected chi connectivity index (χ1v) is 12.1. The highest BCUT2D eigenvalue weighted by molar-refractivity contribution is 5.95. The van der Waals surface area contributed by atoms with Gasteiger partial charge in [0.25, 0.3) is 5.91 Å². The van der Waals surface area contributed by atoms with Crippen LogP contribution in [0.4, 0.5) is 4.39 Å². The van der Waals surface area contributed by atoms with E-state index in [9.17, 15) is 9.59 Å². The van der Waals surface area contributed by atoms with E-state index in [4.69, 9.17) is 0 Å². The van der Waals surface area contributed by atoms with Gasteiger partial charge in [0.1, 0.15) is 0 Å². The maximum Gasteiger partial charge on any atom is 0.338 e. The zero-order valence-corrected chi connectivity index (χ0v) is 20.3. The first kappa shape index (κ1) is 24.1. The number of nitrogens with zero attached hydrogens (tertiary/aromatic N) is 5. The van der Waals surface area contributed by atoms with Gasteiger partial charge in [0.15, 0.2) is 0 Å². The number of hydrogen-bond donors (Lipinski definition) is 1. The lowest BCUT2D eigenvalue weighted by molar-refractivity contribution is 0.0942. The molecule has 5 aromatic rings. The number of rotatable bonds is 8. The van der Waals surface area contributed by atoms with E-state index >= 15 is 4.39 Å². The summed E-state index contributed by atoms with van der Waals surface area (Å²) in [6.45, 7) is 2.15. The van der Waals surface area contributed by atoms with Crippen LogP contribution in [0.25, 0.3) is 22.5 Å². The summed E-state index contributed by atoms with van der Waals surface area (Å²) in [5, 5.41) is 14.3. The Morgan fingerprint density at radius 2 is 1.65 bits per heavy atom. The Morgan fingerprint density at radius 3 is 2.32 bits per heavy atom. The average Bonchev–Trinajstić information content (AvgIpc) is 3.55. The molecule has 8 nitrogen and oxygen atoms in total. The summed E-state index contributed by atoms with van der Waals surface area (Å²) in [6.07, 6.45) is 1.90. The monoisotopic (exact) mass is 496 g/mol. The summed E-state index contributed by atoms with van der Waals surface area (Å²) < 4.78 is 17.5. The molecule has 2 aromatic heterocycles. The fourth-order valence-electron chi connectivity index (χ4n) is 4.37. The van der Waals surface area contributed by atoms with Crippen molar-refractivity contribution in [1.82, 2.24) is 29.8 Å². The number of carbonyl (C=O) groups is 1. The molecule has 9 heteroatoms. The van der Waals surface area contributed by atoms with Crippen LogP contribution in [0.3, 0.4) is 0 Å². The van der Waals surface area contributed by atoms with Gasteiger partial charge in [-0.3, -0.25) is 9.36 Å². The number of halogens is 1. The van der Waals surface area contributed by atoms with Crippen LogP contribution in [0, 0.1) is 5.95 Å². The Balaban J connectivity index is 1.49. The molecule has 37 heavy (non-hydrogen) atoms. The second-order valence-electron chi connectivity index (χ2n) is 8.69. The highest BCUT2D eigenvalue weighted by Gasteiger charge is 2.25. The molecule has 0 fully saturated rings. The van der Waals surface area contributed by atoms with E-state index in [0.29, 0.717) is 23.2 Å². The Labute approximate surface area is 212 Å². The lowest BCUT2D eigenvalue weighted by Gasteiger charge is -2.10. The van der Waals surface area contributed by atoms with Gasteiger partial charge < -0.3 is 0 Å². The van der Waals surface area contributed by atoms with Gasteiger partial charge in [-0.25, -0.2) is 9.36 Å². The minimum Gasteiger partial charge on any atom is -0.288 e. The zero-order chi connectivity index (χ0) is 25.8. The Bertz CT molecular complexity index is 1570. The predicted molar refractivity (Wildman–Crippen MR) is 138 cm³/mol. The second-order valence-corrected chi connectivity index (χ2v) is 8.69. The number of unbranched alkanes of at least 4 members (excludes halogenated alkanes) is 1. The Kier molecular flexibility index (Phi) is 6.85. The van der Waals surface area contributed by atoms with E-state index in [0.717, 1.165) is 28.7 Å². The van der Waals surface area contributed by atoms with Gasteiger partial charge in [0, 0.05) is 11.1 Å². The number of tetrazole rings is 1. The van der Waals surface area contributed by atoms with Crippen molar-refractivity contribution in [1.29, 1.82) is 0 Å². The lowest BCUT2D eigenvalue weighted by Crippen LogP contribution is -2.30. The van der Waals surface area contributed by atoms with Crippen LogP contribution < -0.4 is 5.69 Å². The van der Waals surface area contributed by atoms with Gasteiger partial charge in [-0.15, -0.1) is 10.2 Å². The minimum atomic E-state index is -0.794. The van der Waals surface area contributed by atoms with E-state index < -0.39 is 17.5 Å². The SMILES string of the molecule is CCCCc1c(F)n(C(=O)c2ccccc2)c(=O)n1Cc1ccc(-c2ccccc2-c2nn[nH]n2)cc1. The van der Waals surface area contributed by atoms with E-state index in [2.05, 4.69) is 20.6 Å². The van der Waals surface area contributed by atoms with Crippen molar-refractivity contribution >= 4 is 5.91 Å². The van der Waals surface area contributed by atoms with Crippen LogP contribution >= 0.6 is 0 Å². The predicted octanol–water partition coefficient (Wildman–Crippen LogP) is 4.72. The summed E-state index contributed by atoms with van der Waals surface area (Å²) in [5.74, 6) is -0.974. The number of aromatic nitrogens is 6. The first-order valence-electron chi connectivity index (χ1n) is 12.1. The normalized spacial score (nSPS) is 11.1. The van der Waals surface area contributed by atoms with Crippen LogP contribution in [0.1, 0.15) is 41.4 Å². The van der Waals surface area contributed by atoms with Crippen LogP contribution in [-0.4, -0.2) is 35.7 Å². The fraction of sp³-hybridized carbons (Fsp3) is 0.179. The molecule has 0 aliphatic rings. The highest BCUT2D eigenvalue weighted by Crippen LogP contribution is 2.30. The van der Waals surface area contributed by atoms with Gasteiger partial charge in [-0.2, -0.15) is 9.60 Å². The van der Waals surface area contributed by atoms with Crippen molar-refractivity contribution in [3.05, 3.63) is 112 Å². The molecule has 5 rings (SSSR count). The van der Waals surface area contributed by atoms with Gasteiger partial charge in [0.2, 0.25) is 11.8 Å². The molecule has 0 aliphatic carbocycles. The number of aromatic amines is 1. The Morgan fingerprint density at radius 1 is 0.946 bits per heavy atom. The maximum atomic E-state index is 15.5. The molecule has 1 N–H and O–H groups in total. The van der Waals surface area contributed by atoms with E-state index in [1.807, 2.05) is 55.5 Å². The number of carbonyl (C=O) groups excluding carboxylic acids is 1. The third kappa shape index (κ3) is 4.75. The lowest BCUT2D eigenvalue weighted by atomic mass is 9.98. The van der Waals surface area contributed by atoms with Crippen molar-refractivity contribution < 1.29 is 9.18 Å². The number of benzene rings is 3. The van der Waals surface area contributed by atoms with Crippen LogP contribution in [0.2, 0.25) is 0 Å². The number of nitrogens with one attached hydrogen (secondary N) is 1. The summed E-state index contributed by atoms with van der Waals surface area (Å²) in [6, 6.07) is 23.7. The molecule has 0 aliphatic heterocycles. The minimum absolute atomic E-state index is 0.149. The molecule has 0 unspecified atom stereocenters. The molecule has 0 spiro atoms. The second kappa shape index (κ2) is 10.5. The average molecular weight is 497 g/mol. The Hall–Kier alpha value is -4.66. The van der Waals surface area contributed by atoms with E-state index in [1.165, 1.54) is 4.57 Å². The van der Waals surface area contributed by atoms with E-state index in [1.54, 1.807) is 30.3 Å². The molecule has 186 valence electrons. The highest BCUT2D eigenvalue weighted by atomic mass is 19.1. The van der Waals surface area contributed by atoms with Gasteiger partial charge in [-0.05, 0) is 46.9 Å².